The van der Waals surface area contributed by atoms with Gasteiger partial charge in [0.2, 0.25) is 5.91 Å². The van der Waals surface area contributed by atoms with E-state index in [0.717, 1.165) is 34.2 Å². The van der Waals surface area contributed by atoms with E-state index < -0.39 is 11.7 Å². The van der Waals surface area contributed by atoms with E-state index in [1.54, 1.807) is 41.2 Å². The number of hydrogen-bond donors (Lipinski definition) is 3. The quantitative estimate of drug-likeness (QED) is 0.0857. The maximum Gasteiger partial charge on any atom is 0.415 e. The third kappa shape index (κ3) is 8.80. The van der Waals surface area contributed by atoms with E-state index in [0.29, 0.717) is 77.7 Å². The van der Waals surface area contributed by atoms with Gasteiger partial charge in [-0.1, -0.05) is 48.9 Å². The second-order valence-electron chi connectivity index (χ2n) is 14.8. The molecule has 0 aliphatic carbocycles. The first-order chi connectivity index (χ1) is 26.3. The predicted molar refractivity (Wildman–Crippen MR) is 215 cm³/mol. The fourth-order valence-electron chi connectivity index (χ4n) is 6.88. The Hall–Kier alpha value is -6.17. The van der Waals surface area contributed by atoms with Crippen molar-refractivity contribution >= 4 is 35.0 Å². The Bertz CT molecular complexity index is 2190. The molecule has 0 fully saturated rings. The molecule has 0 saturated carbocycles. The molecular formula is C43H49N7O5. The molecule has 12 nitrogen and oxygen atoms in total. The number of fused-ring (bicyclic) bond motifs is 3. The van der Waals surface area contributed by atoms with Gasteiger partial charge in [-0.25, -0.2) is 4.79 Å². The summed E-state index contributed by atoms with van der Waals surface area (Å²) in [5.41, 5.74) is 13.8. The SMILES string of the molecule is COc1cc2c(cc1-c1c(C)cncc1C)N(C(=O)OC(C)(C)C)Cc1c-2nn(Cc2ccccc2)c1C(=O)NCCCCCC(=O)Nc1ccccc1N. The molecule has 55 heavy (non-hydrogen) atoms. The van der Waals surface area contributed by atoms with E-state index in [4.69, 9.17) is 20.3 Å². The minimum absolute atomic E-state index is 0.0654. The second kappa shape index (κ2) is 16.5. The summed E-state index contributed by atoms with van der Waals surface area (Å²) >= 11 is 0. The number of para-hydroxylation sites is 2. The summed E-state index contributed by atoms with van der Waals surface area (Å²) in [7, 11) is 1.62. The van der Waals surface area contributed by atoms with Crippen molar-refractivity contribution in [3.63, 3.8) is 0 Å². The molecule has 0 radical (unpaired) electrons. The van der Waals surface area contributed by atoms with Crippen molar-refractivity contribution in [2.45, 2.75) is 79.0 Å². The number of aromatic nitrogens is 3. The number of amides is 3. The number of aryl methyl sites for hydroxylation is 2. The lowest BCUT2D eigenvalue weighted by Crippen LogP contribution is -2.39. The van der Waals surface area contributed by atoms with E-state index in [1.807, 2.05) is 89.2 Å². The third-order valence-corrected chi connectivity index (χ3v) is 9.43. The van der Waals surface area contributed by atoms with Gasteiger partial charge in [0, 0.05) is 42.0 Å². The Morgan fingerprint density at radius 1 is 0.909 bits per heavy atom. The lowest BCUT2D eigenvalue weighted by atomic mass is 9.91. The molecule has 0 saturated heterocycles. The molecule has 0 bridgehead atoms. The van der Waals surface area contributed by atoms with Crippen molar-refractivity contribution in [2.75, 3.05) is 29.6 Å². The molecular weight excluding hydrogens is 695 g/mol. The zero-order valence-corrected chi connectivity index (χ0v) is 32.4. The van der Waals surface area contributed by atoms with Gasteiger partial charge in [-0.2, -0.15) is 5.10 Å². The number of methoxy groups -OCH3 is 1. The van der Waals surface area contributed by atoms with Gasteiger partial charge >= 0.3 is 6.09 Å². The van der Waals surface area contributed by atoms with Crippen LogP contribution in [0.2, 0.25) is 0 Å². The number of pyridine rings is 1. The van der Waals surface area contributed by atoms with E-state index in [-0.39, 0.29) is 18.4 Å². The molecule has 3 aromatic carbocycles. The van der Waals surface area contributed by atoms with Gasteiger partial charge in [-0.05, 0) is 94.0 Å². The molecule has 12 heteroatoms. The van der Waals surface area contributed by atoms with Gasteiger partial charge in [-0.15, -0.1) is 0 Å². The molecule has 0 atom stereocenters. The van der Waals surface area contributed by atoms with Crippen molar-refractivity contribution in [1.29, 1.82) is 0 Å². The molecule has 1 aliphatic heterocycles. The van der Waals surface area contributed by atoms with Crippen molar-refractivity contribution in [3.8, 4) is 28.1 Å². The van der Waals surface area contributed by atoms with E-state index >= 15 is 0 Å². The minimum Gasteiger partial charge on any atom is -0.496 e. The molecule has 3 heterocycles. The number of unbranched alkanes of at least 4 members (excludes halogenated alkanes) is 2. The van der Waals surface area contributed by atoms with E-state index in [1.165, 1.54) is 0 Å². The largest absolute Gasteiger partial charge is 0.496 e. The summed E-state index contributed by atoms with van der Waals surface area (Å²) in [4.78, 5) is 46.7. The van der Waals surface area contributed by atoms with Gasteiger partial charge in [0.15, 0.2) is 0 Å². The van der Waals surface area contributed by atoms with Crippen molar-refractivity contribution in [3.05, 3.63) is 107 Å². The maximum absolute atomic E-state index is 14.2. The Morgan fingerprint density at radius 3 is 2.31 bits per heavy atom. The zero-order valence-electron chi connectivity index (χ0n) is 32.4. The predicted octanol–water partition coefficient (Wildman–Crippen LogP) is 8.05. The number of carbonyl (C=O) groups is 3. The number of anilines is 3. The van der Waals surface area contributed by atoms with E-state index in [9.17, 15) is 14.4 Å². The van der Waals surface area contributed by atoms with Crippen LogP contribution in [0.4, 0.5) is 21.9 Å². The van der Waals surface area contributed by atoms with Crippen LogP contribution < -0.4 is 26.0 Å². The Morgan fingerprint density at radius 2 is 1.62 bits per heavy atom. The summed E-state index contributed by atoms with van der Waals surface area (Å²) in [5.74, 6) is 0.182. The molecule has 5 aromatic rings. The Labute approximate surface area is 322 Å². The lowest BCUT2D eigenvalue weighted by Gasteiger charge is -2.32. The summed E-state index contributed by atoms with van der Waals surface area (Å²) in [6, 6.07) is 20.8. The second-order valence-corrected chi connectivity index (χ2v) is 14.8. The van der Waals surface area contributed by atoms with Crippen molar-refractivity contribution < 1.29 is 23.9 Å². The van der Waals surface area contributed by atoms with Gasteiger partial charge in [0.1, 0.15) is 22.7 Å². The number of carbonyl (C=O) groups excluding carboxylic acids is 3. The van der Waals surface area contributed by atoms with Crippen LogP contribution in [0.15, 0.2) is 79.1 Å². The number of benzene rings is 3. The number of nitrogen functional groups attached to an aromatic ring is 1. The first-order valence-electron chi connectivity index (χ1n) is 18.5. The van der Waals surface area contributed by atoms with Crippen molar-refractivity contribution in [2.24, 2.45) is 0 Å². The summed E-state index contributed by atoms with van der Waals surface area (Å²) in [6.07, 6.45) is 5.46. The Kier molecular flexibility index (Phi) is 11.5. The van der Waals surface area contributed by atoms with Gasteiger partial charge in [0.05, 0.1) is 37.3 Å². The van der Waals surface area contributed by atoms with Crippen LogP contribution in [0.25, 0.3) is 22.4 Å². The average molecular weight is 744 g/mol. The number of nitrogens with one attached hydrogen (secondary N) is 2. The zero-order chi connectivity index (χ0) is 39.3. The van der Waals surface area contributed by atoms with Gasteiger partial charge in [0.25, 0.3) is 5.91 Å². The molecule has 1 aliphatic rings. The minimum atomic E-state index is -0.766. The number of hydrogen-bond acceptors (Lipinski definition) is 8. The van der Waals surface area contributed by atoms with Crippen LogP contribution in [0, 0.1) is 13.8 Å². The number of ether oxygens (including phenoxy) is 2. The molecule has 0 unspecified atom stereocenters. The van der Waals surface area contributed by atoms with Crippen LogP contribution >= 0.6 is 0 Å². The highest BCUT2D eigenvalue weighted by Gasteiger charge is 2.37. The molecule has 2 aromatic heterocycles. The molecule has 4 N–H and O–H groups in total. The van der Waals surface area contributed by atoms with Crippen LogP contribution in [-0.2, 0) is 22.6 Å². The highest BCUT2D eigenvalue weighted by Crippen LogP contribution is 2.47. The number of nitrogens with zero attached hydrogens (tertiary/aromatic N) is 4. The van der Waals surface area contributed by atoms with Gasteiger partial charge < -0.3 is 25.8 Å². The number of nitrogens with two attached hydrogens (primary N) is 1. The summed E-state index contributed by atoms with van der Waals surface area (Å²) in [6.45, 7) is 10.3. The highest BCUT2D eigenvalue weighted by molar-refractivity contribution is 6.03. The molecule has 6 rings (SSSR count). The fraction of sp³-hybridized carbons (Fsp3) is 0.326. The lowest BCUT2D eigenvalue weighted by molar-refractivity contribution is -0.116. The first-order valence-corrected chi connectivity index (χ1v) is 18.5. The van der Waals surface area contributed by atoms with Gasteiger partial charge in [-0.3, -0.25) is 24.2 Å². The summed E-state index contributed by atoms with van der Waals surface area (Å²) in [5, 5.41) is 11.0. The third-order valence-electron chi connectivity index (χ3n) is 9.43. The first kappa shape index (κ1) is 38.6. The van der Waals surface area contributed by atoms with E-state index in [2.05, 4.69) is 15.6 Å². The molecule has 3 amide bonds. The fourth-order valence-corrected chi connectivity index (χ4v) is 6.88. The van der Waals surface area contributed by atoms with Crippen molar-refractivity contribution in [1.82, 2.24) is 20.1 Å². The van der Waals surface area contributed by atoms with Crippen LogP contribution in [-0.4, -0.2) is 51.9 Å². The van der Waals surface area contributed by atoms with Crippen LogP contribution in [0.5, 0.6) is 5.75 Å². The molecule has 0 spiro atoms. The normalized spacial score (nSPS) is 12.1. The standard InChI is InChI=1S/C43H49N7O5/c1-27-23-45-24-28(2)38(27)31-21-35-30(22-36(31)54-6)39-32(26-49(35)42(53)55-43(3,4)5)40(50(48-39)25-29-15-9-7-10-16-29)41(52)46-20-14-8-11-19-37(51)47-34-18-13-12-17-33(34)44/h7,9-10,12-13,15-18,21-24H,8,11,14,19-20,25-26,44H2,1-6H3,(H,46,52)(H,47,51). The summed E-state index contributed by atoms with van der Waals surface area (Å²) < 4.78 is 13.6. The topological polar surface area (TPSA) is 154 Å². The number of rotatable bonds is 12. The van der Waals surface area contributed by atoms with Crippen LogP contribution in [0.3, 0.4) is 0 Å². The van der Waals surface area contributed by atoms with Crippen LogP contribution in [0.1, 0.15) is 79.2 Å². The smallest absolute Gasteiger partial charge is 0.415 e. The average Bonchev–Trinajstić information content (AvgIpc) is 3.50. The molecule has 286 valence electrons. The Balaban J connectivity index is 1.31. The maximum atomic E-state index is 14.2. The highest BCUT2D eigenvalue weighted by atomic mass is 16.6. The monoisotopic (exact) mass is 743 g/mol.